The molecule has 0 saturated heterocycles. The number of carbonyl (C=O) groups is 1. The third-order valence-corrected chi connectivity index (χ3v) is 4.91. The van der Waals surface area contributed by atoms with Crippen LogP contribution in [0.15, 0.2) is 72.8 Å². The number of nitrogens with zero attached hydrogens (tertiary/aromatic N) is 1. The van der Waals surface area contributed by atoms with Gasteiger partial charge in [0.2, 0.25) is 0 Å². The largest absolute Gasteiger partial charge is 0.488 e. The maximum atomic E-state index is 12.2. The van der Waals surface area contributed by atoms with E-state index in [1.165, 1.54) is 0 Å². The van der Waals surface area contributed by atoms with Crippen LogP contribution >= 0.6 is 0 Å². The summed E-state index contributed by atoms with van der Waals surface area (Å²) in [6.45, 7) is 4.93. The Morgan fingerprint density at radius 2 is 1.48 bits per heavy atom. The van der Waals surface area contributed by atoms with Gasteiger partial charge in [0.1, 0.15) is 6.61 Å². The fourth-order valence-electron chi connectivity index (χ4n) is 3.43. The third kappa shape index (κ3) is 4.64. The molecule has 0 bridgehead atoms. The van der Waals surface area contributed by atoms with Crippen molar-refractivity contribution in [3.05, 3.63) is 72.8 Å². The van der Waals surface area contributed by atoms with Crippen molar-refractivity contribution in [3.63, 3.8) is 0 Å². The van der Waals surface area contributed by atoms with E-state index >= 15 is 0 Å². The molecule has 1 aliphatic rings. The second-order valence-corrected chi connectivity index (χ2v) is 7.00. The first-order valence-corrected chi connectivity index (χ1v) is 10.4. The molecule has 4 rings (SSSR count). The zero-order valence-corrected chi connectivity index (χ0v) is 17.6. The molecule has 0 radical (unpaired) electrons. The van der Waals surface area contributed by atoms with Gasteiger partial charge in [-0.25, -0.2) is 4.79 Å². The Balaban J connectivity index is 1.47. The highest BCUT2D eigenvalue weighted by atomic mass is 16.6. The van der Waals surface area contributed by atoms with E-state index in [2.05, 4.69) is 4.90 Å². The van der Waals surface area contributed by atoms with Crippen molar-refractivity contribution in [2.45, 2.75) is 20.0 Å². The molecule has 0 fully saturated rings. The van der Waals surface area contributed by atoms with Gasteiger partial charge >= 0.3 is 5.97 Å². The molecule has 0 aliphatic carbocycles. The highest BCUT2D eigenvalue weighted by molar-refractivity contribution is 5.78. The van der Waals surface area contributed by atoms with Gasteiger partial charge in [-0.05, 0) is 50.2 Å². The van der Waals surface area contributed by atoms with E-state index in [0.717, 1.165) is 22.9 Å². The Kier molecular flexibility index (Phi) is 6.38. The lowest BCUT2D eigenvalue weighted by atomic mass is 10.1. The number of anilines is 2. The molecule has 1 unspecified atom stereocenters. The first-order chi connectivity index (χ1) is 15.2. The summed E-state index contributed by atoms with van der Waals surface area (Å²) in [4.78, 5) is 14.4. The van der Waals surface area contributed by atoms with Crippen LogP contribution in [0.2, 0.25) is 0 Å². The molecule has 1 heterocycles. The van der Waals surface area contributed by atoms with Gasteiger partial charge in [0.05, 0.1) is 17.9 Å². The number of rotatable bonds is 8. The molecule has 6 nitrogen and oxygen atoms in total. The van der Waals surface area contributed by atoms with Crippen molar-refractivity contribution in [1.29, 1.82) is 0 Å². The Hall–Kier alpha value is -3.51. The molecule has 31 heavy (non-hydrogen) atoms. The van der Waals surface area contributed by atoms with Crippen LogP contribution in [0.1, 0.15) is 13.8 Å². The maximum Gasteiger partial charge on any atom is 0.340 e. The molecule has 3 aromatic carbocycles. The van der Waals surface area contributed by atoms with Gasteiger partial charge in [-0.15, -0.1) is 0 Å². The number of fused-ring (bicyclic) bond motifs is 2. The number of carbonyl (C=O) groups excluding carboxylic acids is 1. The molecule has 0 saturated carbocycles. The average Bonchev–Trinajstić information content (AvgIpc) is 2.79. The number of benzene rings is 3. The Bertz CT molecular complexity index is 1010. The van der Waals surface area contributed by atoms with Gasteiger partial charge in [0, 0.05) is 6.61 Å². The van der Waals surface area contributed by atoms with Crippen LogP contribution in [0.25, 0.3) is 0 Å². The lowest BCUT2D eigenvalue weighted by Crippen LogP contribution is -2.27. The van der Waals surface area contributed by atoms with Crippen LogP contribution in [0.5, 0.6) is 23.0 Å². The van der Waals surface area contributed by atoms with Crippen LogP contribution in [-0.2, 0) is 9.53 Å². The molecule has 3 aromatic rings. The summed E-state index contributed by atoms with van der Waals surface area (Å²) in [5.41, 5.74) is 1.96. The van der Waals surface area contributed by atoms with E-state index in [1.807, 2.05) is 61.5 Å². The molecule has 0 amide bonds. The summed E-state index contributed by atoms with van der Waals surface area (Å²) >= 11 is 0. The summed E-state index contributed by atoms with van der Waals surface area (Å²) in [7, 11) is 0. The van der Waals surface area contributed by atoms with E-state index in [1.54, 1.807) is 25.1 Å². The second-order valence-electron chi connectivity index (χ2n) is 7.00. The maximum absolute atomic E-state index is 12.2. The number of para-hydroxylation sites is 6. The molecule has 160 valence electrons. The lowest BCUT2D eigenvalue weighted by molar-refractivity contribution is -0.146. The fourth-order valence-corrected chi connectivity index (χ4v) is 3.43. The summed E-state index contributed by atoms with van der Waals surface area (Å²) in [5.74, 6) is 2.05. The fraction of sp³-hybridized carbons (Fsp3) is 0.240. The second kappa shape index (κ2) is 9.53. The summed E-state index contributed by atoms with van der Waals surface area (Å²) in [5, 5.41) is 0. The van der Waals surface area contributed by atoms with Gasteiger partial charge in [-0.2, -0.15) is 0 Å². The van der Waals surface area contributed by atoms with E-state index in [9.17, 15) is 4.79 Å². The van der Waals surface area contributed by atoms with Gasteiger partial charge in [-0.1, -0.05) is 36.4 Å². The Labute approximate surface area is 181 Å². The highest BCUT2D eigenvalue weighted by Gasteiger charge is 2.24. The minimum Gasteiger partial charge on any atom is -0.488 e. The standard InChI is InChI=1S/C25H25NO5/c1-3-28-18(2)25(27)31-24-15-9-8-14-23(24)29-17-16-26-19-10-4-6-12-21(19)30-22-13-7-5-11-20(22)26/h4-15,18H,3,16-17H2,1-2H3. The predicted octanol–water partition coefficient (Wildman–Crippen LogP) is 5.34. The first kappa shape index (κ1) is 20.8. The highest BCUT2D eigenvalue weighted by Crippen LogP contribution is 2.46. The molecule has 1 atom stereocenters. The van der Waals surface area contributed by atoms with Crippen molar-refractivity contribution in [1.82, 2.24) is 0 Å². The van der Waals surface area contributed by atoms with Gasteiger partial charge in [0.15, 0.2) is 29.1 Å². The smallest absolute Gasteiger partial charge is 0.340 e. The molecular weight excluding hydrogens is 394 g/mol. The molecule has 6 heteroatoms. The Morgan fingerprint density at radius 1 is 0.903 bits per heavy atom. The monoisotopic (exact) mass is 419 g/mol. The third-order valence-electron chi connectivity index (χ3n) is 4.91. The van der Waals surface area contributed by atoms with Crippen LogP contribution < -0.4 is 19.1 Å². The predicted molar refractivity (Wildman–Crippen MR) is 119 cm³/mol. The quantitative estimate of drug-likeness (QED) is 0.363. The average molecular weight is 419 g/mol. The van der Waals surface area contributed by atoms with E-state index < -0.39 is 12.1 Å². The van der Waals surface area contributed by atoms with Crippen molar-refractivity contribution < 1.29 is 23.7 Å². The summed E-state index contributed by atoms with van der Waals surface area (Å²) < 4.78 is 22.8. The van der Waals surface area contributed by atoms with E-state index in [-0.39, 0.29) is 0 Å². The number of hydrogen-bond donors (Lipinski definition) is 0. The SMILES string of the molecule is CCOC(C)C(=O)Oc1ccccc1OCCN1c2ccccc2Oc2ccccc21. The van der Waals surface area contributed by atoms with E-state index in [4.69, 9.17) is 18.9 Å². The molecule has 0 aromatic heterocycles. The first-order valence-electron chi connectivity index (χ1n) is 10.4. The van der Waals surface area contributed by atoms with Crippen molar-refractivity contribution in [2.75, 3.05) is 24.7 Å². The molecule has 1 aliphatic heterocycles. The minimum atomic E-state index is -0.639. The zero-order chi connectivity index (χ0) is 21.6. The number of esters is 1. The van der Waals surface area contributed by atoms with E-state index in [0.29, 0.717) is 31.3 Å². The van der Waals surface area contributed by atoms with Crippen molar-refractivity contribution in [3.8, 4) is 23.0 Å². The van der Waals surface area contributed by atoms with Crippen LogP contribution in [-0.4, -0.2) is 31.8 Å². The summed E-state index contributed by atoms with van der Waals surface area (Å²) in [6.07, 6.45) is -0.639. The zero-order valence-electron chi connectivity index (χ0n) is 17.6. The van der Waals surface area contributed by atoms with Gasteiger partial charge in [-0.3, -0.25) is 0 Å². The number of ether oxygens (including phenoxy) is 4. The molecule has 0 N–H and O–H groups in total. The topological polar surface area (TPSA) is 57.2 Å². The van der Waals surface area contributed by atoms with Gasteiger partial charge < -0.3 is 23.8 Å². The van der Waals surface area contributed by atoms with Crippen molar-refractivity contribution >= 4 is 17.3 Å². The van der Waals surface area contributed by atoms with Crippen LogP contribution in [0, 0.1) is 0 Å². The van der Waals surface area contributed by atoms with Crippen LogP contribution in [0.3, 0.4) is 0 Å². The molecule has 0 spiro atoms. The van der Waals surface area contributed by atoms with Gasteiger partial charge in [0.25, 0.3) is 0 Å². The summed E-state index contributed by atoms with van der Waals surface area (Å²) in [6, 6.07) is 23.0. The minimum absolute atomic E-state index is 0.377. The Morgan fingerprint density at radius 3 is 2.13 bits per heavy atom. The molecular formula is C25H25NO5. The normalized spacial score (nSPS) is 12.9. The van der Waals surface area contributed by atoms with Crippen molar-refractivity contribution in [2.24, 2.45) is 0 Å². The number of hydrogen-bond acceptors (Lipinski definition) is 6. The lowest BCUT2D eigenvalue weighted by Gasteiger charge is -2.32. The van der Waals surface area contributed by atoms with Crippen LogP contribution in [0.4, 0.5) is 11.4 Å².